The van der Waals surface area contributed by atoms with E-state index in [1.54, 1.807) is 18.0 Å². The lowest BCUT2D eigenvalue weighted by atomic mass is 10.3. The first-order valence-corrected chi connectivity index (χ1v) is 7.46. The van der Waals surface area contributed by atoms with E-state index in [9.17, 15) is 9.90 Å². The van der Waals surface area contributed by atoms with Crippen LogP contribution in [0.2, 0.25) is 0 Å². The second-order valence-corrected chi connectivity index (χ2v) is 6.02. The van der Waals surface area contributed by atoms with Gasteiger partial charge in [-0.15, -0.1) is 11.3 Å². The van der Waals surface area contributed by atoms with E-state index < -0.39 is 6.10 Å². The monoisotopic (exact) mass is 285 g/mol. The van der Waals surface area contributed by atoms with Crippen molar-refractivity contribution < 1.29 is 9.90 Å². The molecule has 1 aromatic heterocycles. The summed E-state index contributed by atoms with van der Waals surface area (Å²) in [5, 5.41) is 12.8. The lowest BCUT2D eigenvalue weighted by molar-refractivity contribution is 0.125. The molecule has 1 rings (SSSR count). The Balaban J connectivity index is 2.64. The number of carbonyl (C=O) groups is 1. The molecule has 0 saturated heterocycles. The standard InChI is InChI=1S/C13H23N3O2S/c1-5-6-11-7-14-12(19-11)15-13(18)16(9(2)3)8-10(4)17/h7,9-10,17H,5-6,8H2,1-4H3,(H,14,15,18). The molecule has 0 fully saturated rings. The predicted molar refractivity (Wildman–Crippen MR) is 78.7 cm³/mol. The molecular formula is C13H23N3O2S. The number of aliphatic hydroxyl groups is 1. The zero-order valence-electron chi connectivity index (χ0n) is 12.0. The van der Waals surface area contributed by atoms with Gasteiger partial charge in [-0.3, -0.25) is 5.32 Å². The summed E-state index contributed by atoms with van der Waals surface area (Å²) in [4.78, 5) is 19.1. The molecule has 19 heavy (non-hydrogen) atoms. The Hall–Kier alpha value is -1.14. The highest BCUT2D eigenvalue weighted by Gasteiger charge is 2.19. The molecule has 2 amide bonds. The van der Waals surface area contributed by atoms with Gasteiger partial charge in [0.1, 0.15) is 0 Å². The van der Waals surface area contributed by atoms with E-state index in [0.717, 1.165) is 12.8 Å². The van der Waals surface area contributed by atoms with Crippen molar-refractivity contribution in [3.8, 4) is 0 Å². The van der Waals surface area contributed by atoms with E-state index in [0.29, 0.717) is 11.7 Å². The molecule has 0 bridgehead atoms. The molecule has 1 unspecified atom stereocenters. The maximum absolute atomic E-state index is 12.1. The number of aromatic nitrogens is 1. The van der Waals surface area contributed by atoms with E-state index >= 15 is 0 Å². The van der Waals surface area contributed by atoms with Crippen LogP contribution in [-0.2, 0) is 6.42 Å². The summed E-state index contributed by atoms with van der Waals surface area (Å²) >= 11 is 1.50. The first-order chi connectivity index (χ1) is 8.93. The van der Waals surface area contributed by atoms with Crippen LogP contribution in [0.4, 0.5) is 9.93 Å². The van der Waals surface area contributed by atoms with Gasteiger partial charge in [0.05, 0.1) is 6.10 Å². The second-order valence-electron chi connectivity index (χ2n) is 4.91. The number of aryl methyl sites for hydroxylation is 1. The molecule has 6 heteroatoms. The minimum Gasteiger partial charge on any atom is -0.392 e. The third-order valence-electron chi connectivity index (χ3n) is 2.61. The molecule has 0 aliphatic rings. The predicted octanol–water partition coefficient (Wildman–Crippen LogP) is 2.72. The summed E-state index contributed by atoms with van der Waals surface area (Å²) in [6.07, 6.45) is 3.31. The van der Waals surface area contributed by atoms with Crippen molar-refractivity contribution in [3.05, 3.63) is 11.1 Å². The fourth-order valence-corrected chi connectivity index (χ4v) is 2.61. The third kappa shape index (κ3) is 5.16. The van der Waals surface area contributed by atoms with Crippen LogP contribution in [0.1, 0.15) is 39.0 Å². The molecule has 5 nitrogen and oxygen atoms in total. The fraction of sp³-hybridized carbons (Fsp3) is 0.692. The van der Waals surface area contributed by atoms with Crippen LogP contribution in [-0.4, -0.2) is 39.7 Å². The van der Waals surface area contributed by atoms with Gasteiger partial charge in [-0.05, 0) is 27.2 Å². The van der Waals surface area contributed by atoms with Gasteiger partial charge in [-0.2, -0.15) is 0 Å². The molecule has 1 aromatic rings. The number of hydrogen-bond acceptors (Lipinski definition) is 4. The molecule has 0 aliphatic heterocycles. The quantitative estimate of drug-likeness (QED) is 0.844. The van der Waals surface area contributed by atoms with Crippen molar-refractivity contribution in [1.29, 1.82) is 0 Å². The minimum absolute atomic E-state index is 0.0321. The average molecular weight is 285 g/mol. The molecule has 0 radical (unpaired) electrons. The summed E-state index contributed by atoms with van der Waals surface area (Å²) < 4.78 is 0. The third-order valence-corrected chi connectivity index (χ3v) is 3.58. The van der Waals surface area contributed by atoms with Crippen molar-refractivity contribution in [2.75, 3.05) is 11.9 Å². The van der Waals surface area contributed by atoms with E-state index in [2.05, 4.69) is 17.2 Å². The number of amides is 2. The SMILES string of the molecule is CCCc1cnc(NC(=O)N(CC(C)O)C(C)C)s1. The topological polar surface area (TPSA) is 65.5 Å². The Bertz CT molecular complexity index is 404. The molecular weight excluding hydrogens is 262 g/mol. The highest BCUT2D eigenvalue weighted by molar-refractivity contribution is 7.15. The Labute approximate surface area is 118 Å². The summed E-state index contributed by atoms with van der Waals surface area (Å²) in [5.74, 6) is 0. The summed E-state index contributed by atoms with van der Waals surface area (Å²) in [6, 6.07) is -0.182. The van der Waals surface area contributed by atoms with Gasteiger partial charge < -0.3 is 10.0 Å². The van der Waals surface area contributed by atoms with Gasteiger partial charge in [-0.25, -0.2) is 9.78 Å². The second kappa shape index (κ2) is 7.45. The number of aliphatic hydroxyl groups excluding tert-OH is 1. The number of nitrogens with one attached hydrogen (secondary N) is 1. The number of nitrogens with zero attached hydrogens (tertiary/aromatic N) is 2. The Kier molecular flexibility index (Phi) is 6.24. The largest absolute Gasteiger partial charge is 0.392 e. The molecule has 1 heterocycles. The zero-order chi connectivity index (χ0) is 14.4. The van der Waals surface area contributed by atoms with Crippen molar-refractivity contribution in [3.63, 3.8) is 0 Å². The normalized spacial score (nSPS) is 12.5. The van der Waals surface area contributed by atoms with Gasteiger partial charge in [0.2, 0.25) is 0 Å². The minimum atomic E-state index is -0.542. The number of carbonyl (C=O) groups excluding carboxylic acids is 1. The number of thiazole rings is 1. The van der Waals surface area contributed by atoms with E-state index in [4.69, 9.17) is 0 Å². The number of rotatable bonds is 6. The molecule has 2 N–H and O–H groups in total. The summed E-state index contributed by atoms with van der Waals surface area (Å²) in [7, 11) is 0. The van der Waals surface area contributed by atoms with Crippen LogP contribution in [0.15, 0.2) is 6.20 Å². The van der Waals surface area contributed by atoms with Gasteiger partial charge in [0, 0.05) is 23.7 Å². The number of hydrogen-bond donors (Lipinski definition) is 2. The number of urea groups is 1. The molecule has 0 aliphatic carbocycles. The van der Waals surface area contributed by atoms with Crippen molar-refractivity contribution in [2.24, 2.45) is 0 Å². The molecule has 0 spiro atoms. The Morgan fingerprint density at radius 3 is 2.74 bits per heavy atom. The summed E-state index contributed by atoms with van der Waals surface area (Å²) in [6.45, 7) is 7.95. The van der Waals surface area contributed by atoms with Crippen LogP contribution in [0.25, 0.3) is 0 Å². The highest BCUT2D eigenvalue weighted by Crippen LogP contribution is 2.20. The Morgan fingerprint density at radius 2 is 2.21 bits per heavy atom. The average Bonchev–Trinajstić information content (AvgIpc) is 2.73. The van der Waals surface area contributed by atoms with Crippen LogP contribution in [0.5, 0.6) is 0 Å². The summed E-state index contributed by atoms with van der Waals surface area (Å²) in [5.41, 5.74) is 0. The molecule has 0 aromatic carbocycles. The molecule has 108 valence electrons. The van der Waals surface area contributed by atoms with Crippen molar-refractivity contribution in [2.45, 2.75) is 52.7 Å². The lowest BCUT2D eigenvalue weighted by Gasteiger charge is -2.27. The van der Waals surface area contributed by atoms with E-state index in [1.165, 1.54) is 16.2 Å². The van der Waals surface area contributed by atoms with Crippen LogP contribution < -0.4 is 5.32 Å². The van der Waals surface area contributed by atoms with Gasteiger partial charge in [0.15, 0.2) is 5.13 Å². The number of anilines is 1. The van der Waals surface area contributed by atoms with Gasteiger partial charge in [-0.1, -0.05) is 13.3 Å². The van der Waals surface area contributed by atoms with E-state index in [-0.39, 0.29) is 12.1 Å². The fourth-order valence-electron chi connectivity index (χ4n) is 1.70. The molecule has 1 atom stereocenters. The first kappa shape index (κ1) is 15.9. The highest BCUT2D eigenvalue weighted by atomic mass is 32.1. The van der Waals surface area contributed by atoms with Gasteiger partial charge >= 0.3 is 6.03 Å². The van der Waals surface area contributed by atoms with E-state index in [1.807, 2.05) is 13.8 Å². The smallest absolute Gasteiger partial charge is 0.323 e. The first-order valence-electron chi connectivity index (χ1n) is 6.64. The maximum atomic E-state index is 12.1. The zero-order valence-corrected chi connectivity index (χ0v) is 12.8. The molecule has 0 saturated carbocycles. The van der Waals surface area contributed by atoms with Crippen LogP contribution in [0.3, 0.4) is 0 Å². The lowest BCUT2D eigenvalue weighted by Crippen LogP contribution is -2.43. The van der Waals surface area contributed by atoms with Crippen molar-refractivity contribution >= 4 is 22.5 Å². The Morgan fingerprint density at radius 1 is 1.53 bits per heavy atom. The van der Waals surface area contributed by atoms with Crippen LogP contribution >= 0.6 is 11.3 Å². The van der Waals surface area contributed by atoms with Crippen molar-refractivity contribution in [1.82, 2.24) is 9.88 Å². The maximum Gasteiger partial charge on any atom is 0.323 e. The van der Waals surface area contributed by atoms with Crippen LogP contribution in [0, 0.1) is 0 Å². The van der Waals surface area contributed by atoms with Gasteiger partial charge in [0.25, 0.3) is 0 Å².